The summed E-state index contributed by atoms with van der Waals surface area (Å²) in [6.45, 7) is 3.61. The van der Waals surface area contributed by atoms with Crippen LogP contribution in [-0.2, 0) is 6.54 Å². The van der Waals surface area contributed by atoms with E-state index in [1.807, 2.05) is 12.1 Å². The second kappa shape index (κ2) is 6.64. The molecule has 6 nitrogen and oxygen atoms in total. The lowest BCUT2D eigenvalue weighted by Crippen LogP contribution is -2.48. The molecule has 2 aromatic rings. The molecule has 1 aromatic heterocycles. The van der Waals surface area contributed by atoms with Crippen molar-refractivity contribution in [3.05, 3.63) is 45.7 Å². The van der Waals surface area contributed by atoms with Crippen LogP contribution >= 0.6 is 23.2 Å². The van der Waals surface area contributed by atoms with Gasteiger partial charge in [-0.1, -0.05) is 35.3 Å². The predicted octanol–water partition coefficient (Wildman–Crippen LogP) is 2.07. The molecule has 1 saturated heterocycles. The maximum absolute atomic E-state index is 12.2. The summed E-state index contributed by atoms with van der Waals surface area (Å²) in [5.74, 6) is -0.0887. The molecular formula is C14H15Cl2N5O. The van der Waals surface area contributed by atoms with E-state index in [9.17, 15) is 4.79 Å². The first kappa shape index (κ1) is 15.3. The number of hydrogen-bond acceptors (Lipinski definition) is 4. The Balaban J connectivity index is 1.58. The standard InChI is InChI=1S/C14H15Cl2N5O/c15-11-3-1-2-10(13(11)16)9-20-4-6-21(7-5-20)14(22)12-8-17-19-18-12/h1-3,8H,4-7,9H2,(H,17,18,19). The number of aromatic amines is 1. The number of hydrogen-bond donors (Lipinski definition) is 1. The molecule has 0 bridgehead atoms. The van der Waals surface area contributed by atoms with Crippen LogP contribution in [0.3, 0.4) is 0 Å². The highest BCUT2D eigenvalue weighted by Crippen LogP contribution is 2.26. The SMILES string of the molecule is O=C(c1cn[nH]n1)N1CCN(Cc2cccc(Cl)c2Cl)CC1. The van der Waals surface area contributed by atoms with E-state index in [1.165, 1.54) is 6.20 Å². The quantitative estimate of drug-likeness (QED) is 0.929. The summed E-state index contributed by atoms with van der Waals surface area (Å²) in [5, 5.41) is 11.1. The first-order valence-corrected chi connectivity index (χ1v) is 7.71. The van der Waals surface area contributed by atoms with Gasteiger partial charge in [-0.25, -0.2) is 0 Å². The lowest BCUT2D eigenvalue weighted by molar-refractivity contribution is 0.0622. The summed E-state index contributed by atoms with van der Waals surface area (Å²) in [7, 11) is 0. The fraction of sp³-hybridized carbons (Fsp3) is 0.357. The van der Waals surface area contributed by atoms with Crippen LogP contribution in [0.15, 0.2) is 24.4 Å². The summed E-state index contributed by atoms with van der Waals surface area (Å²) in [6.07, 6.45) is 1.44. The average Bonchev–Trinajstić information content (AvgIpc) is 3.06. The maximum Gasteiger partial charge on any atom is 0.276 e. The predicted molar refractivity (Wildman–Crippen MR) is 84.0 cm³/mol. The van der Waals surface area contributed by atoms with Crippen molar-refractivity contribution >= 4 is 29.1 Å². The number of carbonyl (C=O) groups excluding carboxylic acids is 1. The van der Waals surface area contributed by atoms with Crippen LogP contribution in [0.25, 0.3) is 0 Å². The molecular weight excluding hydrogens is 325 g/mol. The zero-order valence-corrected chi connectivity index (χ0v) is 13.3. The Labute approximate surface area is 138 Å². The highest BCUT2D eigenvalue weighted by Gasteiger charge is 2.24. The average molecular weight is 340 g/mol. The highest BCUT2D eigenvalue weighted by molar-refractivity contribution is 6.42. The van der Waals surface area contributed by atoms with E-state index >= 15 is 0 Å². The number of amides is 1. The number of carbonyl (C=O) groups is 1. The number of benzene rings is 1. The molecule has 0 aliphatic carbocycles. The van der Waals surface area contributed by atoms with Gasteiger partial charge in [-0.05, 0) is 11.6 Å². The molecule has 22 heavy (non-hydrogen) atoms. The first-order chi connectivity index (χ1) is 10.6. The minimum absolute atomic E-state index is 0.0887. The van der Waals surface area contributed by atoms with Gasteiger partial charge in [0.15, 0.2) is 5.69 Å². The second-order valence-corrected chi connectivity index (χ2v) is 5.92. The molecule has 0 radical (unpaired) electrons. The largest absolute Gasteiger partial charge is 0.335 e. The van der Waals surface area contributed by atoms with Crippen LogP contribution < -0.4 is 0 Å². The Kier molecular flexibility index (Phi) is 4.61. The Morgan fingerprint density at radius 3 is 2.68 bits per heavy atom. The molecule has 8 heteroatoms. The molecule has 0 spiro atoms. The Morgan fingerprint density at radius 2 is 2.00 bits per heavy atom. The molecule has 0 atom stereocenters. The van der Waals surface area contributed by atoms with Gasteiger partial charge in [-0.15, -0.1) is 0 Å². The topological polar surface area (TPSA) is 65.1 Å². The van der Waals surface area contributed by atoms with E-state index in [4.69, 9.17) is 23.2 Å². The second-order valence-electron chi connectivity index (χ2n) is 5.14. The smallest absolute Gasteiger partial charge is 0.276 e. The van der Waals surface area contributed by atoms with Crippen LogP contribution in [-0.4, -0.2) is 57.3 Å². The zero-order valence-electron chi connectivity index (χ0n) is 11.8. The molecule has 0 unspecified atom stereocenters. The molecule has 3 rings (SSSR count). The summed E-state index contributed by atoms with van der Waals surface area (Å²) < 4.78 is 0. The fourth-order valence-corrected chi connectivity index (χ4v) is 2.87. The number of H-pyrrole nitrogens is 1. The van der Waals surface area contributed by atoms with Gasteiger partial charge < -0.3 is 4.90 Å². The van der Waals surface area contributed by atoms with Crippen molar-refractivity contribution < 1.29 is 4.79 Å². The lowest BCUT2D eigenvalue weighted by Gasteiger charge is -2.34. The van der Waals surface area contributed by atoms with E-state index < -0.39 is 0 Å². The van der Waals surface area contributed by atoms with Gasteiger partial charge in [0.25, 0.3) is 5.91 Å². The zero-order chi connectivity index (χ0) is 15.5. The monoisotopic (exact) mass is 339 g/mol. The van der Waals surface area contributed by atoms with Crippen molar-refractivity contribution in [1.82, 2.24) is 25.2 Å². The van der Waals surface area contributed by atoms with Gasteiger partial charge >= 0.3 is 0 Å². The van der Waals surface area contributed by atoms with Crippen LogP contribution in [0.4, 0.5) is 0 Å². The number of nitrogens with zero attached hydrogens (tertiary/aromatic N) is 4. The Morgan fingerprint density at radius 1 is 1.23 bits per heavy atom. The van der Waals surface area contributed by atoms with Gasteiger partial charge in [-0.2, -0.15) is 15.4 Å². The lowest BCUT2D eigenvalue weighted by atomic mass is 10.2. The Bertz CT molecular complexity index is 653. The summed E-state index contributed by atoms with van der Waals surface area (Å²) in [4.78, 5) is 16.2. The number of aromatic nitrogens is 3. The van der Waals surface area contributed by atoms with Gasteiger partial charge in [0.2, 0.25) is 0 Å². The minimum atomic E-state index is -0.0887. The molecule has 1 aromatic carbocycles. The maximum atomic E-state index is 12.2. The summed E-state index contributed by atoms with van der Waals surface area (Å²) >= 11 is 12.3. The molecule has 0 saturated carbocycles. The molecule has 1 amide bonds. The fourth-order valence-electron chi connectivity index (χ4n) is 2.49. The van der Waals surface area contributed by atoms with E-state index in [-0.39, 0.29) is 5.91 Å². The molecule has 1 aliphatic rings. The molecule has 1 N–H and O–H groups in total. The molecule has 116 valence electrons. The van der Waals surface area contributed by atoms with E-state index in [1.54, 1.807) is 11.0 Å². The van der Waals surface area contributed by atoms with Crippen molar-refractivity contribution in [2.45, 2.75) is 6.54 Å². The van der Waals surface area contributed by atoms with Gasteiger partial charge in [0, 0.05) is 32.7 Å². The number of rotatable bonds is 3. The van der Waals surface area contributed by atoms with Crippen LogP contribution in [0.1, 0.15) is 16.1 Å². The third-order valence-corrected chi connectivity index (χ3v) is 4.58. The van der Waals surface area contributed by atoms with Crippen molar-refractivity contribution in [1.29, 1.82) is 0 Å². The molecule has 2 heterocycles. The summed E-state index contributed by atoms with van der Waals surface area (Å²) in [5.41, 5.74) is 1.36. The third-order valence-electron chi connectivity index (χ3n) is 3.72. The van der Waals surface area contributed by atoms with Gasteiger partial charge in [0.1, 0.15) is 0 Å². The van der Waals surface area contributed by atoms with E-state index in [0.717, 1.165) is 25.2 Å². The van der Waals surface area contributed by atoms with Crippen molar-refractivity contribution in [3.8, 4) is 0 Å². The number of piperazine rings is 1. The molecule has 1 fully saturated rings. The Hall–Kier alpha value is -1.63. The molecule has 1 aliphatic heterocycles. The minimum Gasteiger partial charge on any atom is -0.335 e. The van der Waals surface area contributed by atoms with Crippen LogP contribution in [0.2, 0.25) is 10.0 Å². The van der Waals surface area contributed by atoms with Crippen LogP contribution in [0.5, 0.6) is 0 Å². The van der Waals surface area contributed by atoms with E-state index in [2.05, 4.69) is 20.3 Å². The summed E-state index contributed by atoms with van der Waals surface area (Å²) in [6, 6.07) is 5.65. The van der Waals surface area contributed by atoms with Crippen molar-refractivity contribution in [3.63, 3.8) is 0 Å². The highest BCUT2D eigenvalue weighted by atomic mass is 35.5. The van der Waals surface area contributed by atoms with Crippen molar-refractivity contribution in [2.75, 3.05) is 26.2 Å². The third kappa shape index (κ3) is 3.24. The normalized spacial score (nSPS) is 16.0. The van der Waals surface area contributed by atoms with E-state index in [0.29, 0.717) is 28.8 Å². The van der Waals surface area contributed by atoms with Gasteiger partial charge in [0.05, 0.1) is 16.2 Å². The number of halogens is 2. The number of nitrogens with one attached hydrogen (secondary N) is 1. The first-order valence-electron chi connectivity index (χ1n) is 6.95. The van der Waals surface area contributed by atoms with Crippen LogP contribution in [0, 0.1) is 0 Å². The van der Waals surface area contributed by atoms with Crippen molar-refractivity contribution in [2.24, 2.45) is 0 Å². The van der Waals surface area contributed by atoms with Gasteiger partial charge in [-0.3, -0.25) is 9.69 Å².